The molecule has 0 aliphatic carbocycles. The summed E-state index contributed by atoms with van der Waals surface area (Å²) in [4.78, 5) is 20.9. The van der Waals surface area contributed by atoms with Gasteiger partial charge in [-0.2, -0.15) is 0 Å². The van der Waals surface area contributed by atoms with Gasteiger partial charge in [0.1, 0.15) is 6.29 Å². The number of aliphatic carboxylic acids is 1. The average Bonchev–Trinajstić information content (AvgIpc) is 2.24. The van der Waals surface area contributed by atoms with Crippen molar-refractivity contribution in [3.8, 4) is 0 Å². The molecule has 1 N–H and O–H groups in total. The van der Waals surface area contributed by atoms with E-state index >= 15 is 0 Å². The molecule has 0 bridgehead atoms. The van der Waals surface area contributed by atoms with E-state index in [1.165, 1.54) is 0 Å². The van der Waals surface area contributed by atoms with Crippen molar-refractivity contribution < 1.29 is 14.7 Å². The lowest BCUT2D eigenvalue weighted by atomic mass is 10.1. The van der Waals surface area contributed by atoms with Crippen molar-refractivity contribution in [2.45, 2.75) is 12.8 Å². The molecule has 0 amide bonds. The van der Waals surface area contributed by atoms with E-state index in [0.717, 1.165) is 11.8 Å². The Hall–Kier alpha value is -1.90. The van der Waals surface area contributed by atoms with Gasteiger partial charge in [0.25, 0.3) is 0 Å². The standard InChI is InChI=1S/C12H12O3/c13-9-11-7-2-1-5-10(11)6-3-4-8-12(14)15/h1-5,7,9H,6,8H2,(H,14,15)/b4-3+. The van der Waals surface area contributed by atoms with Gasteiger partial charge in [-0.05, 0) is 12.0 Å². The fourth-order valence-corrected chi connectivity index (χ4v) is 1.23. The van der Waals surface area contributed by atoms with Crippen LogP contribution in [0.2, 0.25) is 0 Å². The third-order valence-corrected chi connectivity index (χ3v) is 1.98. The number of benzene rings is 1. The van der Waals surface area contributed by atoms with E-state index in [9.17, 15) is 9.59 Å². The van der Waals surface area contributed by atoms with Crippen LogP contribution in [0.15, 0.2) is 36.4 Å². The van der Waals surface area contributed by atoms with Gasteiger partial charge in [0, 0.05) is 5.56 Å². The highest BCUT2D eigenvalue weighted by Crippen LogP contribution is 2.07. The summed E-state index contributed by atoms with van der Waals surface area (Å²) < 4.78 is 0. The molecule has 0 saturated carbocycles. The van der Waals surface area contributed by atoms with Gasteiger partial charge in [-0.1, -0.05) is 36.4 Å². The van der Waals surface area contributed by atoms with Gasteiger partial charge in [-0.25, -0.2) is 0 Å². The number of rotatable bonds is 5. The molecule has 0 heterocycles. The zero-order valence-corrected chi connectivity index (χ0v) is 8.22. The second-order valence-corrected chi connectivity index (χ2v) is 3.09. The van der Waals surface area contributed by atoms with Crippen molar-refractivity contribution in [1.29, 1.82) is 0 Å². The van der Waals surface area contributed by atoms with Gasteiger partial charge in [0.15, 0.2) is 0 Å². The predicted octanol–water partition coefficient (Wildman–Crippen LogP) is 2.07. The zero-order valence-electron chi connectivity index (χ0n) is 8.22. The number of carboxylic acids is 1. The molecule has 0 saturated heterocycles. The van der Waals surface area contributed by atoms with Crippen LogP contribution in [-0.2, 0) is 11.2 Å². The van der Waals surface area contributed by atoms with E-state index < -0.39 is 5.97 Å². The fraction of sp³-hybridized carbons (Fsp3) is 0.167. The summed E-state index contributed by atoms with van der Waals surface area (Å²) in [6.45, 7) is 0. The Bertz CT molecular complexity index is 380. The summed E-state index contributed by atoms with van der Waals surface area (Å²) in [5.74, 6) is -0.852. The molecule has 0 aliphatic heterocycles. The van der Waals surface area contributed by atoms with Gasteiger partial charge in [-0.3, -0.25) is 9.59 Å². The summed E-state index contributed by atoms with van der Waals surface area (Å²) >= 11 is 0. The molecular formula is C12H12O3. The third kappa shape index (κ3) is 3.77. The maximum atomic E-state index is 10.7. The number of hydrogen-bond acceptors (Lipinski definition) is 2. The molecule has 3 heteroatoms. The Kier molecular flexibility index (Phi) is 4.29. The number of carboxylic acid groups (broad SMARTS) is 1. The van der Waals surface area contributed by atoms with Crippen molar-refractivity contribution in [2.75, 3.05) is 0 Å². The smallest absolute Gasteiger partial charge is 0.307 e. The first kappa shape index (κ1) is 11.2. The zero-order chi connectivity index (χ0) is 11.1. The third-order valence-electron chi connectivity index (χ3n) is 1.98. The lowest BCUT2D eigenvalue weighted by Crippen LogP contribution is -1.92. The normalized spacial score (nSPS) is 10.4. The molecule has 15 heavy (non-hydrogen) atoms. The molecular weight excluding hydrogens is 192 g/mol. The van der Waals surface area contributed by atoms with Crippen LogP contribution < -0.4 is 0 Å². The molecule has 0 aromatic heterocycles. The topological polar surface area (TPSA) is 54.4 Å². The minimum Gasteiger partial charge on any atom is -0.481 e. The SMILES string of the molecule is O=Cc1ccccc1C/C=C/CC(=O)O. The number of hydrogen-bond donors (Lipinski definition) is 1. The number of carbonyl (C=O) groups is 2. The summed E-state index contributed by atoms with van der Waals surface area (Å²) in [5.41, 5.74) is 1.56. The first-order chi connectivity index (χ1) is 7.24. The second-order valence-electron chi connectivity index (χ2n) is 3.09. The molecule has 0 aliphatic rings. The summed E-state index contributed by atoms with van der Waals surface area (Å²) in [6, 6.07) is 7.25. The van der Waals surface area contributed by atoms with Gasteiger partial charge in [-0.15, -0.1) is 0 Å². The Morgan fingerprint density at radius 1 is 1.27 bits per heavy atom. The van der Waals surface area contributed by atoms with E-state index in [2.05, 4.69) is 0 Å². The van der Waals surface area contributed by atoms with Crippen LogP contribution in [0.4, 0.5) is 0 Å². The van der Waals surface area contributed by atoms with Crippen molar-refractivity contribution in [1.82, 2.24) is 0 Å². The quantitative estimate of drug-likeness (QED) is 0.590. The van der Waals surface area contributed by atoms with E-state index in [0.29, 0.717) is 12.0 Å². The molecule has 1 aromatic rings. The van der Waals surface area contributed by atoms with Crippen molar-refractivity contribution in [2.24, 2.45) is 0 Å². The Morgan fingerprint density at radius 3 is 2.67 bits per heavy atom. The van der Waals surface area contributed by atoms with Crippen LogP contribution in [0.3, 0.4) is 0 Å². The van der Waals surface area contributed by atoms with E-state index in [-0.39, 0.29) is 6.42 Å². The highest BCUT2D eigenvalue weighted by molar-refractivity contribution is 5.77. The predicted molar refractivity (Wildman–Crippen MR) is 56.9 cm³/mol. The molecule has 1 rings (SSSR count). The van der Waals surface area contributed by atoms with Crippen LogP contribution in [0.1, 0.15) is 22.3 Å². The Balaban J connectivity index is 2.60. The van der Waals surface area contributed by atoms with E-state index in [4.69, 9.17) is 5.11 Å². The van der Waals surface area contributed by atoms with E-state index in [1.54, 1.807) is 24.3 Å². The van der Waals surface area contributed by atoms with Gasteiger partial charge in [0.05, 0.1) is 6.42 Å². The summed E-state index contributed by atoms with van der Waals surface area (Å²) in [7, 11) is 0. The molecule has 78 valence electrons. The van der Waals surface area contributed by atoms with Crippen LogP contribution in [0, 0.1) is 0 Å². The maximum absolute atomic E-state index is 10.7. The molecule has 0 fully saturated rings. The lowest BCUT2D eigenvalue weighted by molar-refractivity contribution is -0.136. The fourth-order valence-electron chi connectivity index (χ4n) is 1.23. The van der Waals surface area contributed by atoms with Crippen molar-refractivity contribution >= 4 is 12.3 Å². The molecule has 1 aromatic carbocycles. The van der Waals surface area contributed by atoms with Crippen LogP contribution >= 0.6 is 0 Å². The van der Waals surface area contributed by atoms with Crippen molar-refractivity contribution in [3.63, 3.8) is 0 Å². The highest BCUT2D eigenvalue weighted by Gasteiger charge is 1.97. The van der Waals surface area contributed by atoms with Crippen LogP contribution in [-0.4, -0.2) is 17.4 Å². The van der Waals surface area contributed by atoms with Gasteiger partial charge < -0.3 is 5.11 Å². The lowest BCUT2D eigenvalue weighted by Gasteiger charge is -1.99. The largest absolute Gasteiger partial charge is 0.481 e. The first-order valence-corrected chi connectivity index (χ1v) is 4.64. The first-order valence-electron chi connectivity index (χ1n) is 4.64. The summed E-state index contributed by atoms with van der Waals surface area (Å²) in [6.07, 6.45) is 4.76. The van der Waals surface area contributed by atoms with Gasteiger partial charge >= 0.3 is 5.97 Å². The van der Waals surface area contributed by atoms with Gasteiger partial charge in [0.2, 0.25) is 0 Å². The molecule has 0 radical (unpaired) electrons. The number of aldehydes is 1. The van der Waals surface area contributed by atoms with Crippen LogP contribution in [0.5, 0.6) is 0 Å². The maximum Gasteiger partial charge on any atom is 0.307 e. The Labute approximate surface area is 88.0 Å². The molecule has 0 spiro atoms. The van der Waals surface area contributed by atoms with E-state index in [1.807, 2.05) is 12.1 Å². The Morgan fingerprint density at radius 2 is 2.00 bits per heavy atom. The minimum atomic E-state index is -0.852. The molecule has 0 unspecified atom stereocenters. The highest BCUT2D eigenvalue weighted by atomic mass is 16.4. The minimum absolute atomic E-state index is 0.0171. The number of carbonyl (C=O) groups excluding carboxylic acids is 1. The average molecular weight is 204 g/mol. The van der Waals surface area contributed by atoms with Crippen molar-refractivity contribution in [3.05, 3.63) is 47.5 Å². The molecule has 0 atom stereocenters. The summed E-state index contributed by atoms with van der Waals surface area (Å²) in [5, 5.41) is 8.40. The monoisotopic (exact) mass is 204 g/mol. The molecule has 3 nitrogen and oxygen atoms in total. The van der Waals surface area contributed by atoms with Crippen LogP contribution in [0.25, 0.3) is 0 Å². The second kappa shape index (κ2) is 5.75. The number of allylic oxidation sites excluding steroid dienone is 1.